The van der Waals surface area contributed by atoms with Crippen molar-refractivity contribution in [2.75, 3.05) is 19.0 Å². The molecule has 0 fully saturated rings. The second-order valence-corrected chi connectivity index (χ2v) is 5.50. The van der Waals surface area contributed by atoms with Crippen LogP contribution in [0.25, 0.3) is 10.1 Å². The van der Waals surface area contributed by atoms with E-state index in [1.807, 2.05) is 0 Å². The first-order valence-electron chi connectivity index (χ1n) is 5.20. The van der Waals surface area contributed by atoms with Crippen molar-refractivity contribution < 1.29 is 10.2 Å². The fraction of sp³-hybridized carbons (Fsp3) is 0.455. The molecule has 0 radical (unpaired) electrons. The van der Waals surface area contributed by atoms with Crippen LogP contribution in [0.3, 0.4) is 0 Å². The summed E-state index contributed by atoms with van der Waals surface area (Å²) in [4.78, 5) is 0. The van der Waals surface area contributed by atoms with E-state index in [0.29, 0.717) is 12.3 Å². The van der Waals surface area contributed by atoms with Gasteiger partial charge in [0.15, 0.2) is 0 Å². The summed E-state index contributed by atoms with van der Waals surface area (Å²) in [5, 5.41) is 22.5. The molecule has 2 rings (SSSR count). The number of aryl methyl sites for hydroxylation is 1. The van der Waals surface area contributed by atoms with E-state index in [1.54, 1.807) is 23.1 Å². The molecule has 0 aliphatic carbocycles. The number of rotatable bonds is 5. The molecule has 0 aliphatic heterocycles. The third kappa shape index (κ3) is 2.00. The monoisotopic (exact) mass is 257 g/mol. The van der Waals surface area contributed by atoms with Gasteiger partial charge in [-0.25, -0.2) is 0 Å². The van der Waals surface area contributed by atoms with Crippen molar-refractivity contribution in [2.24, 2.45) is 0 Å². The van der Waals surface area contributed by atoms with Gasteiger partial charge in [0, 0.05) is 23.4 Å². The second-order valence-electron chi connectivity index (χ2n) is 3.50. The number of thioether (sulfide) groups is 1. The first-order valence-corrected chi connectivity index (χ1v) is 7.07. The maximum atomic E-state index is 9.08. The molecule has 0 spiro atoms. The summed E-state index contributed by atoms with van der Waals surface area (Å²) in [6.45, 7) is 3.03. The third-order valence-electron chi connectivity index (χ3n) is 2.55. The molecule has 0 aromatic carbocycles. The van der Waals surface area contributed by atoms with Gasteiger partial charge in [0.2, 0.25) is 0 Å². The highest BCUT2D eigenvalue weighted by Gasteiger charge is 2.14. The molecule has 0 amide bonds. The minimum atomic E-state index is 0.148. The molecule has 2 aromatic heterocycles. The van der Waals surface area contributed by atoms with Crippen molar-refractivity contribution in [3.8, 4) is 0 Å². The van der Waals surface area contributed by atoms with Crippen LogP contribution in [0.2, 0.25) is 0 Å². The zero-order chi connectivity index (χ0) is 11.5. The fourth-order valence-corrected chi connectivity index (χ4v) is 3.96. The highest BCUT2D eigenvalue weighted by molar-refractivity contribution is 7.99. The van der Waals surface area contributed by atoms with Gasteiger partial charge in [0.05, 0.1) is 22.9 Å². The highest BCUT2D eigenvalue weighted by atomic mass is 32.2. The predicted octanol–water partition coefficient (Wildman–Crippen LogP) is 2.09. The number of aliphatic hydroxyl groups excluding tert-OH is 2. The van der Waals surface area contributed by atoms with E-state index >= 15 is 0 Å². The third-order valence-corrected chi connectivity index (χ3v) is 4.69. The smallest absolute Gasteiger partial charge is 0.0933 e. The van der Waals surface area contributed by atoms with Gasteiger partial charge in [0.1, 0.15) is 0 Å². The second kappa shape index (κ2) is 5.23. The first kappa shape index (κ1) is 12.0. The van der Waals surface area contributed by atoms with Crippen LogP contribution < -0.4 is 0 Å². The molecule has 0 saturated carbocycles. The summed E-state index contributed by atoms with van der Waals surface area (Å²) in [5.41, 5.74) is 1.20. The molecule has 2 aromatic rings. The van der Waals surface area contributed by atoms with Crippen molar-refractivity contribution in [2.45, 2.75) is 18.5 Å². The average Bonchev–Trinajstić information content (AvgIpc) is 2.83. The minimum Gasteiger partial charge on any atom is -0.396 e. The Hall–Kier alpha value is -0.490. The van der Waals surface area contributed by atoms with Crippen LogP contribution in [0, 0.1) is 6.92 Å². The molecule has 0 saturated heterocycles. The van der Waals surface area contributed by atoms with Crippen LogP contribution in [0.4, 0.5) is 0 Å². The largest absolute Gasteiger partial charge is 0.396 e. The molecule has 2 heterocycles. The number of hydrogen-bond donors (Lipinski definition) is 2. The zero-order valence-electron chi connectivity index (χ0n) is 9.14. The van der Waals surface area contributed by atoms with E-state index in [9.17, 15) is 0 Å². The summed E-state index contributed by atoms with van der Waals surface area (Å²) in [5.74, 6) is 0.696. The molecule has 0 atom stereocenters. The van der Waals surface area contributed by atoms with Gasteiger partial charge < -0.3 is 14.8 Å². The van der Waals surface area contributed by atoms with Gasteiger partial charge in [-0.3, -0.25) is 0 Å². The summed E-state index contributed by atoms with van der Waals surface area (Å²) in [6, 6.07) is 2.12. The van der Waals surface area contributed by atoms with Crippen molar-refractivity contribution in [3.05, 3.63) is 17.1 Å². The van der Waals surface area contributed by atoms with Crippen LogP contribution in [0.1, 0.15) is 5.69 Å². The number of thiophene rings is 1. The SMILES string of the molecule is Cc1c2ccsc2c(SCCO)n1CCO. The maximum absolute atomic E-state index is 9.08. The van der Waals surface area contributed by atoms with Crippen LogP contribution in [-0.4, -0.2) is 33.7 Å². The van der Waals surface area contributed by atoms with Crippen molar-refractivity contribution in [3.63, 3.8) is 0 Å². The van der Waals surface area contributed by atoms with Crippen molar-refractivity contribution in [1.29, 1.82) is 0 Å². The molecule has 88 valence electrons. The molecular weight excluding hydrogens is 242 g/mol. The molecule has 16 heavy (non-hydrogen) atoms. The van der Waals surface area contributed by atoms with E-state index in [4.69, 9.17) is 10.2 Å². The van der Waals surface area contributed by atoms with Crippen LogP contribution in [0.5, 0.6) is 0 Å². The lowest BCUT2D eigenvalue weighted by Gasteiger charge is -2.09. The van der Waals surface area contributed by atoms with Gasteiger partial charge in [-0.1, -0.05) is 0 Å². The number of hydrogen-bond acceptors (Lipinski definition) is 4. The average molecular weight is 257 g/mol. The Bertz CT molecular complexity index is 475. The van der Waals surface area contributed by atoms with Crippen molar-refractivity contribution >= 4 is 33.2 Å². The normalized spacial score (nSPS) is 11.4. The van der Waals surface area contributed by atoms with Crippen LogP contribution in [-0.2, 0) is 6.54 Å². The number of aliphatic hydroxyl groups is 2. The molecule has 0 bridgehead atoms. The lowest BCUT2D eigenvalue weighted by Crippen LogP contribution is -2.05. The van der Waals surface area contributed by atoms with E-state index in [0.717, 1.165) is 0 Å². The molecule has 2 N–H and O–H groups in total. The highest BCUT2D eigenvalue weighted by Crippen LogP contribution is 2.36. The van der Waals surface area contributed by atoms with Gasteiger partial charge in [-0.15, -0.1) is 23.1 Å². The standard InChI is InChI=1S/C11H15NO2S2/c1-8-9-2-6-15-10(9)11(16-7-5-14)12(8)3-4-13/h2,6,13-14H,3-5,7H2,1H3. The van der Waals surface area contributed by atoms with Gasteiger partial charge in [-0.05, 0) is 18.4 Å². The Labute approximate surface area is 103 Å². The lowest BCUT2D eigenvalue weighted by atomic mass is 10.3. The maximum Gasteiger partial charge on any atom is 0.0933 e. The topological polar surface area (TPSA) is 45.4 Å². The Morgan fingerprint density at radius 2 is 2.19 bits per heavy atom. The van der Waals surface area contributed by atoms with Gasteiger partial charge in [-0.2, -0.15) is 0 Å². The van der Waals surface area contributed by atoms with Gasteiger partial charge in [0.25, 0.3) is 0 Å². The zero-order valence-corrected chi connectivity index (χ0v) is 10.8. The summed E-state index contributed by atoms with van der Waals surface area (Å²) in [6.07, 6.45) is 0. The van der Waals surface area contributed by atoms with E-state index in [-0.39, 0.29) is 13.2 Å². The molecular formula is C11H15NO2S2. The Balaban J connectivity index is 2.47. The molecule has 0 aliphatic rings. The van der Waals surface area contributed by atoms with E-state index < -0.39 is 0 Å². The van der Waals surface area contributed by atoms with E-state index in [1.165, 1.54) is 20.8 Å². The molecule has 3 nitrogen and oxygen atoms in total. The Morgan fingerprint density at radius 1 is 1.38 bits per heavy atom. The molecule has 5 heteroatoms. The van der Waals surface area contributed by atoms with Crippen LogP contribution >= 0.6 is 23.1 Å². The van der Waals surface area contributed by atoms with Crippen molar-refractivity contribution in [1.82, 2.24) is 4.57 Å². The molecule has 0 unspecified atom stereocenters. The van der Waals surface area contributed by atoms with Crippen LogP contribution in [0.15, 0.2) is 16.5 Å². The quantitative estimate of drug-likeness (QED) is 0.806. The number of aromatic nitrogens is 1. The van der Waals surface area contributed by atoms with E-state index in [2.05, 4.69) is 22.9 Å². The lowest BCUT2D eigenvalue weighted by molar-refractivity contribution is 0.271. The minimum absolute atomic E-state index is 0.148. The Kier molecular flexibility index (Phi) is 3.91. The summed E-state index contributed by atoms with van der Waals surface area (Å²) >= 11 is 3.37. The Morgan fingerprint density at radius 3 is 2.88 bits per heavy atom. The fourth-order valence-electron chi connectivity index (χ4n) is 1.84. The predicted molar refractivity (Wildman–Crippen MR) is 69.4 cm³/mol. The number of fused-ring (bicyclic) bond motifs is 1. The first-order chi connectivity index (χ1) is 7.79. The summed E-state index contributed by atoms with van der Waals surface area (Å²) < 4.78 is 3.41. The van der Waals surface area contributed by atoms with Gasteiger partial charge >= 0.3 is 0 Å². The number of nitrogens with zero attached hydrogens (tertiary/aromatic N) is 1. The summed E-state index contributed by atoms with van der Waals surface area (Å²) in [7, 11) is 0.